The third-order valence-electron chi connectivity index (χ3n) is 4.89. The molecule has 0 amide bonds. The summed E-state index contributed by atoms with van der Waals surface area (Å²) >= 11 is 0. The van der Waals surface area contributed by atoms with Gasteiger partial charge in [0.05, 0.1) is 7.11 Å². The van der Waals surface area contributed by atoms with Crippen LogP contribution in [0.4, 0.5) is 0 Å². The highest BCUT2D eigenvalue weighted by atomic mass is 16.5. The molecule has 1 atom stereocenters. The van der Waals surface area contributed by atoms with Crippen LogP contribution in [0, 0.1) is 0 Å². The molecular weight excluding hydrogens is 316 g/mol. The maximum absolute atomic E-state index is 10.3. The van der Waals surface area contributed by atoms with Gasteiger partial charge in [0.15, 0.2) is 11.5 Å². The van der Waals surface area contributed by atoms with E-state index in [1.54, 1.807) is 7.11 Å². The second kappa shape index (κ2) is 10.00. The molecule has 1 N–H and O–H groups in total. The van der Waals surface area contributed by atoms with E-state index in [0.29, 0.717) is 24.1 Å². The predicted molar refractivity (Wildman–Crippen MR) is 101 cm³/mol. The van der Waals surface area contributed by atoms with Crippen molar-refractivity contribution in [2.24, 2.45) is 0 Å². The zero-order valence-electron chi connectivity index (χ0n) is 16.2. The number of likely N-dealkylation sites (tertiary alicyclic amines) is 1. The van der Waals surface area contributed by atoms with Gasteiger partial charge in [0.25, 0.3) is 0 Å². The molecule has 0 spiro atoms. The Labute approximate surface area is 152 Å². The fourth-order valence-electron chi connectivity index (χ4n) is 3.08. The minimum atomic E-state index is -0.482. The van der Waals surface area contributed by atoms with Crippen LogP contribution < -0.4 is 9.47 Å². The minimum Gasteiger partial charge on any atom is -0.493 e. The van der Waals surface area contributed by atoms with Crippen molar-refractivity contribution in [3.63, 3.8) is 0 Å². The summed E-state index contributed by atoms with van der Waals surface area (Å²) in [4.78, 5) is 4.60. The van der Waals surface area contributed by atoms with Gasteiger partial charge in [-0.15, -0.1) is 0 Å². The molecular formula is C20H34N2O3. The monoisotopic (exact) mass is 350 g/mol. The van der Waals surface area contributed by atoms with Crippen LogP contribution in [0.3, 0.4) is 0 Å². The second-order valence-electron chi connectivity index (χ2n) is 7.32. The van der Waals surface area contributed by atoms with E-state index >= 15 is 0 Å². The van der Waals surface area contributed by atoms with Gasteiger partial charge >= 0.3 is 0 Å². The third kappa shape index (κ3) is 6.49. The molecule has 0 aromatic heterocycles. The van der Waals surface area contributed by atoms with E-state index in [1.165, 1.54) is 24.8 Å². The van der Waals surface area contributed by atoms with Crippen LogP contribution in [0.5, 0.6) is 11.5 Å². The summed E-state index contributed by atoms with van der Waals surface area (Å²) in [5.74, 6) is 1.41. The van der Waals surface area contributed by atoms with E-state index in [1.807, 2.05) is 12.1 Å². The molecule has 1 aromatic rings. The van der Waals surface area contributed by atoms with Crippen LogP contribution in [0.25, 0.3) is 0 Å². The first-order valence-corrected chi connectivity index (χ1v) is 9.40. The smallest absolute Gasteiger partial charge is 0.161 e. The van der Waals surface area contributed by atoms with Crippen molar-refractivity contribution in [2.45, 2.75) is 51.8 Å². The average molecular weight is 351 g/mol. The van der Waals surface area contributed by atoms with Gasteiger partial charge in [-0.3, -0.25) is 4.90 Å². The molecule has 1 aliphatic rings. The molecule has 25 heavy (non-hydrogen) atoms. The van der Waals surface area contributed by atoms with Gasteiger partial charge in [0.1, 0.15) is 12.7 Å². The predicted octanol–water partition coefficient (Wildman–Crippen LogP) is 2.76. The molecule has 1 unspecified atom stereocenters. The van der Waals surface area contributed by atoms with Gasteiger partial charge in [-0.05, 0) is 64.5 Å². The summed E-state index contributed by atoms with van der Waals surface area (Å²) in [6.07, 6.45) is 3.28. The van der Waals surface area contributed by atoms with Crippen molar-refractivity contribution in [3.05, 3.63) is 23.8 Å². The van der Waals surface area contributed by atoms with E-state index in [-0.39, 0.29) is 6.61 Å². The average Bonchev–Trinajstić information content (AvgIpc) is 2.61. The van der Waals surface area contributed by atoms with Crippen molar-refractivity contribution in [1.82, 2.24) is 9.80 Å². The van der Waals surface area contributed by atoms with Gasteiger partial charge in [-0.25, -0.2) is 0 Å². The molecule has 1 heterocycles. The first-order valence-electron chi connectivity index (χ1n) is 9.40. The number of piperidine rings is 1. The van der Waals surface area contributed by atoms with Gasteiger partial charge < -0.3 is 19.5 Å². The molecule has 0 aliphatic carbocycles. The number of β-amino-alcohol motifs (C(OH)–C–C–N with tert-alkyl or cyclic N) is 1. The standard InChI is InChI=1S/C20H34N2O3/c1-16(2)21(3)13-17-8-9-19(24-4)20(12-17)25-15-18(23)14-22-10-6-5-7-11-22/h8-9,12,16,18,23H,5-7,10-11,13-15H2,1-4H3. The molecule has 142 valence electrons. The molecule has 1 saturated heterocycles. The highest BCUT2D eigenvalue weighted by Gasteiger charge is 2.16. The first kappa shape index (κ1) is 20.0. The van der Waals surface area contributed by atoms with Crippen molar-refractivity contribution in [3.8, 4) is 11.5 Å². The summed E-state index contributed by atoms with van der Waals surface area (Å²) < 4.78 is 11.3. The molecule has 1 fully saturated rings. The van der Waals surface area contributed by atoms with E-state index < -0.39 is 6.10 Å². The summed E-state index contributed by atoms with van der Waals surface area (Å²) in [7, 11) is 3.75. The Kier molecular flexibility index (Phi) is 8.00. The lowest BCUT2D eigenvalue weighted by atomic mass is 10.1. The minimum absolute atomic E-state index is 0.288. The van der Waals surface area contributed by atoms with Crippen molar-refractivity contribution >= 4 is 0 Å². The number of ether oxygens (including phenoxy) is 2. The zero-order chi connectivity index (χ0) is 18.2. The Balaban J connectivity index is 1.92. The lowest BCUT2D eigenvalue weighted by molar-refractivity contribution is 0.0608. The van der Waals surface area contributed by atoms with E-state index in [4.69, 9.17) is 9.47 Å². The molecule has 5 heteroatoms. The maximum atomic E-state index is 10.3. The SMILES string of the molecule is COc1ccc(CN(C)C(C)C)cc1OCC(O)CN1CCCCC1. The van der Waals surface area contributed by atoms with Crippen LogP contribution >= 0.6 is 0 Å². The molecule has 0 radical (unpaired) electrons. The fourth-order valence-corrected chi connectivity index (χ4v) is 3.08. The van der Waals surface area contributed by atoms with Crippen molar-refractivity contribution in [1.29, 1.82) is 0 Å². The Morgan fingerprint density at radius 3 is 2.52 bits per heavy atom. The number of rotatable bonds is 9. The van der Waals surface area contributed by atoms with Crippen LogP contribution in [0.2, 0.25) is 0 Å². The normalized spacial score (nSPS) is 17.1. The Bertz CT molecular complexity index is 516. The summed E-state index contributed by atoms with van der Waals surface area (Å²) in [5.41, 5.74) is 1.18. The Hall–Kier alpha value is -1.30. The van der Waals surface area contributed by atoms with Gasteiger partial charge in [0.2, 0.25) is 0 Å². The Morgan fingerprint density at radius 2 is 1.88 bits per heavy atom. The number of hydrogen-bond acceptors (Lipinski definition) is 5. The summed E-state index contributed by atoms with van der Waals surface area (Å²) in [6.45, 7) is 8.34. The van der Waals surface area contributed by atoms with Gasteiger partial charge in [-0.1, -0.05) is 12.5 Å². The van der Waals surface area contributed by atoms with E-state index in [0.717, 1.165) is 19.6 Å². The molecule has 5 nitrogen and oxygen atoms in total. The summed E-state index contributed by atoms with van der Waals surface area (Å²) in [6, 6.07) is 6.51. The number of methoxy groups -OCH3 is 1. The van der Waals surface area contributed by atoms with Gasteiger partial charge in [0, 0.05) is 19.1 Å². The molecule has 1 aromatic carbocycles. The van der Waals surface area contributed by atoms with Crippen LogP contribution in [-0.4, -0.2) is 67.5 Å². The number of aliphatic hydroxyl groups excluding tert-OH is 1. The second-order valence-corrected chi connectivity index (χ2v) is 7.32. The highest BCUT2D eigenvalue weighted by molar-refractivity contribution is 5.43. The summed E-state index contributed by atoms with van der Waals surface area (Å²) in [5, 5.41) is 10.3. The quantitative estimate of drug-likeness (QED) is 0.742. The topological polar surface area (TPSA) is 45.2 Å². The molecule has 2 rings (SSSR count). The molecule has 0 bridgehead atoms. The largest absolute Gasteiger partial charge is 0.493 e. The van der Waals surface area contributed by atoms with Crippen molar-refractivity contribution in [2.75, 3.05) is 40.4 Å². The van der Waals surface area contributed by atoms with E-state index in [2.05, 4.69) is 36.8 Å². The molecule has 0 saturated carbocycles. The third-order valence-corrected chi connectivity index (χ3v) is 4.89. The lowest BCUT2D eigenvalue weighted by Crippen LogP contribution is -2.38. The fraction of sp³-hybridized carbons (Fsp3) is 0.700. The number of hydrogen-bond donors (Lipinski definition) is 1. The highest BCUT2D eigenvalue weighted by Crippen LogP contribution is 2.29. The van der Waals surface area contributed by atoms with Crippen LogP contribution in [-0.2, 0) is 6.54 Å². The zero-order valence-corrected chi connectivity index (χ0v) is 16.2. The van der Waals surface area contributed by atoms with Crippen LogP contribution in [0.1, 0.15) is 38.7 Å². The number of benzene rings is 1. The van der Waals surface area contributed by atoms with E-state index in [9.17, 15) is 5.11 Å². The number of nitrogens with zero attached hydrogens (tertiary/aromatic N) is 2. The Morgan fingerprint density at radius 1 is 1.16 bits per heavy atom. The first-order chi connectivity index (χ1) is 12.0. The molecule has 1 aliphatic heterocycles. The van der Waals surface area contributed by atoms with Gasteiger partial charge in [-0.2, -0.15) is 0 Å². The maximum Gasteiger partial charge on any atom is 0.161 e. The number of aliphatic hydroxyl groups is 1. The van der Waals surface area contributed by atoms with Crippen LogP contribution in [0.15, 0.2) is 18.2 Å². The van der Waals surface area contributed by atoms with Crippen molar-refractivity contribution < 1.29 is 14.6 Å². The lowest BCUT2D eigenvalue weighted by Gasteiger charge is -2.28.